The lowest BCUT2D eigenvalue weighted by atomic mass is 10.1. The fourth-order valence-electron chi connectivity index (χ4n) is 3.01. The number of thiocarbonyl (C=S) groups is 1. The van der Waals surface area contributed by atoms with Gasteiger partial charge in [-0.25, -0.2) is 0 Å². The van der Waals surface area contributed by atoms with Crippen LogP contribution in [-0.2, 0) is 0 Å². The lowest BCUT2D eigenvalue weighted by Crippen LogP contribution is -2.40. The maximum Gasteiger partial charge on any atom is 0.173 e. The summed E-state index contributed by atoms with van der Waals surface area (Å²) in [5, 5.41) is 4.06. The molecule has 0 unspecified atom stereocenters. The zero-order valence-corrected chi connectivity index (χ0v) is 18.5. The first kappa shape index (κ1) is 21.7. The monoisotopic (exact) mass is 420 g/mol. The zero-order valence-electron chi connectivity index (χ0n) is 17.7. The Hall–Kier alpha value is -2.96. The highest BCUT2D eigenvalue weighted by Gasteiger charge is 2.19. The number of rotatable bonds is 8. The van der Waals surface area contributed by atoms with Gasteiger partial charge in [-0.1, -0.05) is 24.3 Å². The fourth-order valence-corrected chi connectivity index (χ4v) is 3.38. The van der Waals surface area contributed by atoms with Gasteiger partial charge >= 0.3 is 0 Å². The normalized spacial score (nSPS) is 11.7. The van der Waals surface area contributed by atoms with Crippen molar-refractivity contribution in [2.75, 3.05) is 32.5 Å². The third kappa shape index (κ3) is 6.27. The summed E-state index contributed by atoms with van der Waals surface area (Å²) < 4.78 is 5.86. The first-order valence-corrected chi connectivity index (χ1v) is 10.4. The van der Waals surface area contributed by atoms with Crippen molar-refractivity contribution in [3.8, 4) is 11.5 Å². The van der Waals surface area contributed by atoms with Gasteiger partial charge in [0.2, 0.25) is 0 Å². The number of likely N-dealkylation sites (N-methyl/N-ethyl adjacent to an activating group) is 1. The van der Waals surface area contributed by atoms with Gasteiger partial charge in [-0.2, -0.15) is 0 Å². The number of nitrogens with one attached hydrogen (secondary N) is 1. The first-order chi connectivity index (χ1) is 14.5. The van der Waals surface area contributed by atoms with E-state index in [1.807, 2.05) is 66.9 Å². The Balaban J connectivity index is 1.68. The van der Waals surface area contributed by atoms with Gasteiger partial charge in [-0.3, -0.25) is 4.98 Å². The predicted molar refractivity (Wildman–Crippen MR) is 127 cm³/mol. The largest absolute Gasteiger partial charge is 0.457 e. The summed E-state index contributed by atoms with van der Waals surface area (Å²) in [6.07, 6.45) is 3.68. The molecular weight excluding hydrogens is 392 g/mol. The minimum absolute atomic E-state index is 0.110. The molecule has 0 bridgehead atoms. The van der Waals surface area contributed by atoms with Gasteiger partial charge in [0.05, 0.1) is 6.04 Å². The summed E-state index contributed by atoms with van der Waals surface area (Å²) >= 11 is 5.77. The molecule has 30 heavy (non-hydrogen) atoms. The number of hydrogen-bond acceptors (Lipinski definition) is 4. The van der Waals surface area contributed by atoms with Gasteiger partial charge in [-0.05, 0) is 81.3 Å². The smallest absolute Gasteiger partial charge is 0.173 e. The molecule has 1 aromatic heterocycles. The van der Waals surface area contributed by atoms with Crippen LogP contribution in [0.25, 0.3) is 0 Å². The lowest BCUT2D eigenvalue weighted by molar-refractivity contribution is 0.289. The van der Waals surface area contributed by atoms with Crippen molar-refractivity contribution in [2.45, 2.75) is 13.0 Å². The van der Waals surface area contributed by atoms with Gasteiger partial charge in [-0.15, -0.1) is 0 Å². The Bertz CT molecular complexity index is 917. The van der Waals surface area contributed by atoms with Crippen LogP contribution in [0.1, 0.15) is 18.5 Å². The molecule has 0 fully saturated rings. The number of nitrogens with zero attached hydrogens (tertiary/aromatic N) is 3. The standard InChI is InChI=1S/C24H28N4OS/c1-19(20-8-7-15-25-18-20)28(17-16-27(2)3)24(30)26-21-11-13-23(14-12-21)29-22-9-5-4-6-10-22/h4-15,18-19H,16-17H2,1-3H3,(H,26,30)/t19-/m1/s1. The first-order valence-electron chi connectivity index (χ1n) is 9.98. The number of anilines is 1. The number of ether oxygens (including phenoxy) is 1. The van der Waals surface area contributed by atoms with Crippen molar-refractivity contribution in [1.29, 1.82) is 0 Å². The highest BCUT2D eigenvalue weighted by atomic mass is 32.1. The van der Waals surface area contributed by atoms with Gasteiger partial charge in [0.1, 0.15) is 11.5 Å². The minimum Gasteiger partial charge on any atom is -0.457 e. The molecule has 3 rings (SSSR count). The predicted octanol–water partition coefficient (Wildman–Crippen LogP) is 5.20. The molecule has 0 saturated heterocycles. The van der Waals surface area contributed by atoms with E-state index in [4.69, 9.17) is 17.0 Å². The number of hydrogen-bond donors (Lipinski definition) is 1. The summed E-state index contributed by atoms with van der Waals surface area (Å²) in [4.78, 5) is 8.61. The molecule has 2 aromatic carbocycles. The fraction of sp³-hybridized carbons (Fsp3) is 0.250. The molecule has 0 radical (unpaired) electrons. The summed E-state index contributed by atoms with van der Waals surface area (Å²) in [6, 6.07) is 21.7. The van der Waals surface area contributed by atoms with Crippen molar-refractivity contribution in [2.24, 2.45) is 0 Å². The van der Waals surface area contributed by atoms with Crippen LogP contribution in [0.3, 0.4) is 0 Å². The Labute approximate surface area is 184 Å². The highest BCUT2D eigenvalue weighted by Crippen LogP contribution is 2.24. The van der Waals surface area contributed by atoms with Crippen LogP contribution in [0.5, 0.6) is 11.5 Å². The molecule has 0 saturated carbocycles. The van der Waals surface area contributed by atoms with Crippen LogP contribution in [0.15, 0.2) is 79.1 Å². The Morgan fingerprint density at radius 3 is 2.30 bits per heavy atom. The van der Waals surface area contributed by atoms with Crippen LogP contribution in [-0.4, -0.2) is 47.1 Å². The summed E-state index contributed by atoms with van der Waals surface area (Å²) in [5.41, 5.74) is 2.06. The third-order valence-electron chi connectivity index (χ3n) is 4.77. The van der Waals surface area contributed by atoms with Crippen LogP contribution in [0, 0.1) is 0 Å². The van der Waals surface area contributed by atoms with E-state index in [2.05, 4.69) is 47.2 Å². The maximum atomic E-state index is 5.86. The molecule has 1 atom stereocenters. The molecule has 0 aliphatic heterocycles. The molecule has 156 valence electrons. The molecular formula is C24H28N4OS. The van der Waals surface area contributed by atoms with Gasteiger partial charge < -0.3 is 19.9 Å². The molecule has 3 aromatic rings. The van der Waals surface area contributed by atoms with E-state index in [9.17, 15) is 0 Å². The summed E-state index contributed by atoms with van der Waals surface area (Å²) in [6.45, 7) is 3.86. The quantitative estimate of drug-likeness (QED) is 0.506. The average Bonchev–Trinajstić information content (AvgIpc) is 2.76. The van der Waals surface area contributed by atoms with E-state index in [0.717, 1.165) is 35.8 Å². The SMILES string of the molecule is C[C@H](c1cccnc1)N(CCN(C)C)C(=S)Nc1ccc(Oc2ccccc2)cc1. The van der Waals surface area contributed by atoms with Crippen molar-refractivity contribution in [3.05, 3.63) is 84.7 Å². The summed E-state index contributed by atoms with van der Waals surface area (Å²) in [7, 11) is 4.13. The van der Waals surface area contributed by atoms with Crippen LogP contribution in [0.2, 0.25) is 0 Å². The molecule has 1 N–H and O–H groups in total. The van der Waals surface area contributed by atoms with Gasteiger partial charge in [0, 0.05) is 31.2 Å². The van der Waals surface area contributed by atoms with Crippen molar-refractivity contribution >= 4 is 23.0 Å². The second kappa shape index (κ2) is 10.7. The van der Waals surface area contributed by atoms with E-state index in [1.165, 1.54) is 0 Å². The molecule has 0 aliphatic rings. The van der Waals surface area contributed by atoms with Crippen LogP contribution < -0.4 is 10.1 Å². The van der Waals surface area contributed by atoms with E-state index in [1.54, 1.807) is 6.20 Å². The molecule has 0 aliphatic carbocycles. The number of aromatic nitrogens is 1. The maximum absolute atomic E-state index is 5.86. The topological polar surface area (TPSA) is 40.6 Å². The van der Waals surface area contributed by atoms with Crippen molar-refractivity contribution in [3.63, 3.8) is 0 Å². The molecule has 1 heterocycles. The lowest BCUT2D eigenvalue weighted by Gasteiger charge is -2.33. The van der Waals surface area contributed by atoms with Crippen LogP contribution >= 0.6 is 12.2 Å². The molecule has 0 spiro atoms. The van der Waals surface area contributed by atoms with Gasteiger partial charge in [0.25, 0.3) is 0 Å². The van der Waals surface area contributed by atoms with Crippen LogP contribution in [0.4, 0.5) is 5.69 Å². The molecule has 6 heteroatoms. The zero-order chi connectivity index (χ0) is 21.3. The second-order valence-corrected chi connectivity index (χ2v) is 7.72. The molecule has 0 amide bonds. The number of para-hydroxylation sites is 1. The molecule has 5 nitrogen and oxygen atoms in total. The highest BCUT2D eigenvalue weighted by molar-refractivity contribution is 7.80. The number of pyridine rings is 1. The van der Waals surface area contributed by atoms with E-state index in [-0.39, 0.29) is 6.04 Å². The second-order valence-electron chi connectivity index (χ2n) is 7.33. The Kier molecular flexibility index (Phi) is 7.76. The number of benzene rings is 2. The van der Waals surface area contributed by atoms with E-state index < -0.39 is 0 Å². The average molecular weight is 421 g/mol. The van der Waals surface area contributed by atoms with Crippen molar-refractivity contribution < 1.29 is 4.74 Å². The minimum atomic E-state index is 0.110. The Morgan fingerprint density at radius 1 is 0.967 bits per heavy atom. The van der Waals surface area contributed by atoms with Gasteiger partial charge in [0.15, 0.2) is 5.11 Å². The Morgan fingerprint density at radius 2 is 1.67 bits per heavy atom. The van der Waals surface area contributed by atoms with Crippen molar-refractivity contribution in [1.82, 2.24) is 14.8 Å². The van der Waals surface area contributed by atoms with E-state index >= 15 is 0 Å². The summed E-state index contributed by atoms with van der Waals surface area (Å²) in [5.74, 6) is 1.60. The third-order valence-corrected chi connectivity index (χ3v) is 5.10. The van der Waals surface area contributed by atoms with E-state index in [0.29, 0.717) is 5.11 Å².